The first-order chi connectivity index (χ1) is 7.24. The average Bonchev–Trinajstić information content (AvgIpc) is 2.56. The molecule has 2 aliphatic rings. The highest BCUT2D eigenvalue weighted by Gasteiger charge is 2.30. The van der Waals surface area contributed by atoms with Crippen molar-refractivity contribution in [3.8, 4) is 5.75 Å². The minimum atomic E-state index is 0.463. The molecular formula is C14H14O. The van der Waals surface area contributed by atoms with Crippen molar-refractivity contribution in [1.82, 2.24) is 0 Å². The van der Waals surface area contributed by atoms with E-state index < -0.39 is 0 Å². The van der Waals surface area contributed by atoms with E-state index in [-0.39, 0.29) is 0 Å². The minimum Gasteiger partial charge on any atom is -0.461 e. The highest BCUT2D eigenvalue weighted by molar-refractivity contribution is 5.50. The summed E-state index contributed by atoms with van der Waals surface area (Å²) < 4.78 is 5.83. The molecule has 76 valence electrons. The maximum absolute atomic E-state index is 5.83. The number of ether oxygens (including phenoxy) is 1. The molecule has 0 amide bonds. The van der Waals surface area contributed by atoms with Crippen LogP contribution in [0.25, 0.3) is 0 Å². The number of aryl methyl sites for hydroxylation is 1. The van der Waals surface area contributed by atoms with Crippen LogP contribution in [0.5, 0.6) is 5.75 Å². The smallest absolute Gasteiger partial charge is 0.130 e. The fourth-order valence-electron chi connectivity index (χ4n) is 2.36. The summed E-state index contributed by atoms with van der Waals surface area (Å²) >= 11 is 0. The zero-order valence-electron chi connectivity index (χ0n) is 9.08. The van der Waals surface area contributed by atoms with Gasteiger partial charge in [0.25, 0.3) is 0 Å². The molecule has 1 aliphatic heterocycles. The standard InChI is InChI=1S/C14H14O/c1-9-3-5-13-11(7-9)12-8-10(2)4-6-14(12)15-13/h3-7,12H,8H2,1-2H3. The van der Waals surface area contributed by atoms with Crippen molar-refractivity contribution in [2.45, 2.75) is 26.2 Å². The molecule has 0 aromatic heterocycles. The number of hydrogen-bond donors (Lipinski definition) is 0. The Labute approximate surface area is 90.1 Å². The van der Waals surface area contributed by atoms with Crippen molar-refractivity contribution in [1.29, 1.82) is 0 Å². The molecule has 0 bridgehead atoms. The van der Waals surface area contributed by atoms with E-state index >= 15 is 0 Å². The van der Waals surface area contributed by atoms with E-state index in [9.17, 15) is 0 Å². The van der Waals surface area contributed by atoms with Crippen LogP contribution in [-0.2, 0) is 0 Å². The summed E-state index contributed by atoms with van der Waals surface area (Å²) in [4.78, 5) is 0. The fraction of sp³-hybridized carbons (Fsp3) is 0.286. The predicted octanol–water partition coefficient (Wildman–Crippen LogP) is 3.70. The van der Waals surface area contributed by atoms with E-state index in [4.69, 9.17) is 4.74 Å². The van der Waals surface area contributed by atoms with Gasteiger partial charge >= 0.3 is 0 Å². The number of benzene rings is 1. The Balaban J connectivity index is 2.10. The molecule has 0 radical (unpaired) electrons. The normalized spacial score (nSPS) is 22.4. The Morgan fingerprint density at radius 3 is 2.93 bits per heavy atom. The first kappa shape index (κ1) is 8.78. The third kappa shape index (κ3) is 1.30. The van der Waals surface area contributed by atoms with Crippen molar-refractivity contribution in [3.63, 3.8) is 0 Å². The molecule has 0 fully saturated rings. The Hall–Kier alpha value is -1.50. The zero-order chi connectivity index (χ0) is 10.4. The molecule has 1 aliphatic carbocycles. The Kier molecular flexibility index (Phi) is 1.75. The van der Waals surface area contributed by atoms with Gasteiger partial charge in [-0.05, 0) is 32.4 Å². The predicted molar refractivity (Wildman–Crippen MR) is 61.0 cm³/mol. The van der Waals surface area contributed by atoms with Gasteiger partial charge in [-0.3, -0.25) is 0 Å². The molecule has 1 atom stereocenters. The van der Waals surface area contributed by atoms with Crippen molar-refractivity contribution < 1.29 is 4.74 Å². The van der Waals surface area contributed by atoms with Gasteiger partial charge in [0.2, 0.25) is 0 Å². The van der Waals surface area contributed by atoms with Gasteiger partial charge < -0.3 is 4.74 Å². The lowest BCUT2D eigenvalue weighted by atomic mass is 9.88. The number of hydrogen-bond acceptors (Lipinski definition) is 1. The lowest BCUT2D eigenvalue weighted by Gasteiger charge is -2.15. The van der Waals surface area contributed by atoms with Crippen LogP contribution in [0.3, 0.4) is 0 Å². The second-order valence-electron chi connectivity index (χ2n) is 4.48. The van der Waals surface area contributed by atoms with Crippen LogP contribution < -0.4 is 4.74 Å². The van der Waals surface area contributed by atoms with Crippen LogP contribution in [0, 0.1) is 6.92 Å². The highest BCUT2D eigenvalue weighted by atomic mass is 16.5. The average molecular weight is 198 g/mol. The summed E-state index contributed by atoms with van der Waals surface area (Å²) in [6.45, 7) is 4.31. The van der Waals surface area contributed by atoms with Crippen LogP contribution in [0.4, 0.5) is 0 Å². The SMILES string of the molecule is CC1=CC=C2Oc3ccc(C)cc3C2C1. The molecule has 0 saturated heterocycles. The molecule has 1 aromatic carbocycles. The van der Waals surface area contributed by atoms with E-state index in [0.717, 1.165) is 17.9 Å². The fourth-order valence-corrected chi connectivity index (χ4v) is 2.36. The molecule has 15 heavy (non-hydrogen) atoms. The lowest BCUT2D eigenvalue weighted by molar-refractivity contribution is 0.423. The van der Waals surface area contributed by atoms with Gasteiger partial charge in [-0.1, -0.05) is 29.3 Å². The van der Waals surface area contributed by atoms with Gasteiger partial charge in [-0.2, -0.15) is 0 Å². The third-order valence-corrected chi connectivity index (χ3v) is 3.17. The lowest BCUT2D eigenvalue weighted by Crippen LogP contribution is -2.03. The van der Waals surface area contributed by atoms with Crippen molar-refractivity contribution in [2.24, 2.45) is 0 Å². The first-order valence-corrected chi connectivity index (χ1v) is 5.40. The molecule has 1 heteroatoms. The number of fused-ring (bicyclic) bond motifs is 3. The topological polar surface area (TPSA) is 9.23 Å². The Morgan fingerprint density at radius 1 is 1.20 bits per heavy atom. The molecule has 1 aromatic rings. The van der Waals surface area contributed by atoms with Gasteiger partial charge in [-0.15, -0.1) is 0 Å². The van der Waals surface area contributed by atoms with Crippen molar-refractivity contribution >= 4 is 0 Å². The summed E-state index contributed by atoms with van der Waals surface area (Å²) in [6, 6.07) is 6.44. The summed E-state index contributed by atoms with van der Waals surface area (Å²) in [5, 5.41) is 0. The van der Waals surface area contributed by atoms with Crippen molar-refractivity contribution in [2.75, 3.05) is 0 Å². The molecule has 1 unspecified atom stereocenters. The summed E-state index contributed by atoms with van der Waals surface area (Å²) in [5.74, 6) is 2.62. The van der Waals surface area contributed by atoms with Gasteiger partial charge in [0.1, 0.15) is 11.5 Å². The van der Waals surface area contributed by atoms with E-state index in [1.165, 1.54) is 16.7 Å². The van der Waals surface area contributed by atoms with Crippen molar-refractivity contribution in [3.05, 3.63) is 52.8 Å². The van der Waals surface area contributed by atoms with Crippen LogP contribution in [0.1, 0.15) is 30.4 Å². The van der Waals surface area contributed by atoms with E-state index in [1.54, 1.807) is 0 Å². The molecular weight excluding hydrogens is 184 g/mol. The third-order valence-electron chi connectivity index (χ3n) is 3.17. The minimum absolute atomic E-state index is 0.463. The van der Waals surface area contributed by atoms with Gasteiger partial charge in [-0.25, -0.2) is 0 Å². The molecule has 0 N–H and O–H groups in total. The molecule has 1 nitrogen and oxygen atoms in total. The second-order valence-corrected chi connectivity index (χ2v) is 4.48. The summed E-state index contributed by atoms with van der Waals surface area (Å²) in [7, 11) is 0. The van der Waals surface area contributed by atoms with Crippen LogP contribution in [0.2, 0.25) is 0 Å². The quantitative estimate of drug-likeness (QED) is 0.617. The van der Waals surface area contributed by atoms with Crippen LogP contribution >= 0.6 is 0 Å². The maximum atomic E-state index is 5.83. The first-order valence-electron chi connectivity index (χ1n) is 5.40. The molecule has 3 rings (SSSR count). The zero-order valence-corrected chi connectivity index (χ0v) is 9.08. The molecule has 0 saturated carbocycles. The molecule has 1 heterocycles. The Morgan fingerprint density at radius 2 is 2.07 bits per heavy atom. The van der Waals surface area contributed by atoms with Gasteiger partial charge in [0, 0.05) is 11.5 Å². The van der Waals surface area contributed by atoms with Gasteiger partial charge in [0.05, 0.1) is 0 Å². The van der Waals surface area contributed by atoms with Crippen LogP contribution in [-0.4, -0.2) is 0 Å². The Bertz CT molecular complexity index is 480. The second kappa shape index (κ2) is 2.99. The summed E-state index contributed by atoms with van der Waals surface area (Å²) in [6.07, 6.45) is 5.37. The molecule has 0 spiro atoms. The van der Waals surface area contributed by atoms with E-state index in [1.807, 2.05) is 0 Å². The monoisotopic (exact) mass is 198 g/mol. The summed E-state index contributed by atoms with van der Waals surface area (Å²) in [5.41, 5.74) is 4.10. The largest absolute Gasteiger partial charge is 0.461 e. The van der Waals surface area contributed by atoms with E-state index in [2.05, 4.69) is 44.2 Å². The highest BCUT2D eigenvalue weighted by Crippen LogP contribution is 2.45. The number of rotatable bonds is 0. The number of allylic oxidation sites excluding steroid dienone is 4. The van der Waals surface area contributed by atoms with Gasteiger partial charge in [0.15, 0.2) is 0 Å². The van der Waals surface area contributed by atoms with Crippen LogP contribution in [0.15, 0.2) is 41.7 Å². The maximum Gasteiger partial charge on any atom is 0.130 e. The van der Waals surface area contributed by atoms with E-state index in [0.29, 0.717) is 5.92 Å².